The molecule has 1 aliphatic rings. The molecule has 1 aliphatic heterocycles. The van der Waals surface area contributed by atoms with E-state index in [1.54, 1.807) is 23.1 Å². The Balaban J connectivity index is 1.55. The SMILES string of the molecule is CC1CN(Cc2ccc(F)cc2)CCN1C(=O)COc1ccc(Cl)cc1C(N)=O. The molecule has 3 rings (SSSR count). The molecular formula is C21H23ClFN3O3. The van der Waals surface area contributed by atoms with Gasteiger partial charge in [-0.3, -0.25) is 14.5 Å². The van der Waals surface area contributed by atoms with Crippen molar-refractivity contribution < 1.29 is 18.7 Å². The summed E-state index contributed by atoms with van der Waals surface area (Å²) < 4.78 is 18.6. The van der Waals surface area contributed by atoms with Gasteiger partial charge in [0.05, 0.1) is 5.56 Å². The molecule has 1 unspecified atom stereocenters. The summed E-state index contributed by atoms with van der Waals surface area (Å²) in [6.07, 6.45) is 0. The lowest BCUT2D eigenvalue weighted by Crippen LogP contribution is -2.54. The predicted octanol–water partition coefficient (Wildman–Crippen LogP) is 2.69. The number of ether oxygens (including phenoxy) is 1. The molecule has 2 aromatic rings. The number of halogens is 2. The first-order chi connectivity index (χ1) is 13.8. The Morgan fingerprint density at radius 3 is 2.59 bits per heavy atom. The van der Waals surface area contributed by atoms with Crippen LogP contribution in [0.5, 0.6) is 5.75 Å². The highest BCUT2D eigenvalue weighted by molar-refractivity contribution is 6.31. The molecule has 2 amide bonds. The molecule has 0 aliphatic carbocycles. The number of carbonyl (C=O) groups excluding carboxylic acids is 2. The zero-order valence-corrected chi connectivity index (χ0v) is 16.9. The van der Waals surface area contributed by atoms with Crippen molar-refractivity contribution in [1.82, 2.24) is 9.80 Å². The molecule has 0 radical (unpaired) electrons. The summed E-state index contributed by atoms with van der Waals surface area (Å²) in [5.74, 6) is -0.849. The van der Waals surface area contributed by atoms with E-state index < -0.39 is 5.91 Å². The van der Waals surface area contributed by atoms with Crippen molar-refractivity contribution in [1.29, 1.82) is 0 Å². The second kappa shape index (κ2) is 9.24. The van der Waals surface area contributed by atoms with Crippen LogP contribution in [-0.4, -0.2) is 53.9 Å². The highest BCUT2D eigenvalue weighted by Crippen LogP contribution is 2.23. The average Bonchev–Trinajstić information content (AvgIpc) is 2.68. The molecule has 2 aromatic carbocycles. The van der Waals surface area contributed by atoms with Crippen molar-refractivity contribution in [2.24, 2.45) is 5.73 Å². The maximum atomic E-state index is 13.0. The number of rotatable bonds is 6. The number of amides is 2. The molecule has 0 aromatic heterocycles. The lowest BCUT2D eigenvalue weighted by atomic mass is 10.1. The van der Waals surface area contributed by atoms with Gasteiger partial charge in [0.1, 0.15) is 11.6 Å². The fraction of sp³-hybridized carbons (Fsp3) is 0.333. The standard InChI is InChI=1S/C21H23ClFN3O3/c1-14-11-25(12-15-2-5-17(23)6-3-15)8-9-26(14)20(27)13-29-19-7-4-16(22)10-18(19)21(24)28/h2-7,10,14H,8-9,11-13H2,1H3,(H2,24,28). The van der Waals surface area contributed by atoms with E-state index in [0.717, 1.165) is 5.56 Å². The Morgan fingerprint density at radius 2 is 1.93 bits per heavy atom. The third-order valence-corrected chi connectivity index (χ3v) is 5.14. The van der Waals surface area contributed by atoms with E-state index in [1.807, 2.05) is 6.92 Å². The van der Waals surface area contributed by atoms with Gasteiger partial charge < -0.3 is 15.4 Å². The van der Waals surface area contributed by atoms with E-state index in [1.165, 1.54) is 24.3 Å². The lowest BCUT2D eigenvalue weighted by molar-refractivity contribution is -0.138. The summed E-state index contributed by atoms with van der Waals surface area (Å²) in [6, 6.07) is 11.0. The third kappa shape index (κ3) is 5.46. The fourth-order valence-electron chi connectivity index (χ4n) is 3.44. The Bertz CT molecular complexity index is 891. The van der Waals surface area contributed by atoms with Crippen LogP contribution in [-0.2, 0) is 11.3 Å². The quantitative estimate of drug-likeness (QED) is 0.781. The summed E-state index contributed by atoms with van der Waals surface area (Å²) in [5.41, 5.74) is 6.51. The molecule has 1 fully saturated rings. The van der Waals surface area contributed by atoms with Crippen molar-refractivity contribution in [2.75, 3.05) is 26.2 Å². The topological polar surface area (TPSA) is 75.9 Å². The molecule has 1 atom stereocenters. The maximum Gasteiger partial charge on any atom is 0.260 e. The van der Waals surface area contributed by atoms with E-state index in [4.69, 9.17) is 22.1 Å². The highest BCUT2D eigenvalue weighted by Gasteiger charge is 2.27. The van der Waals surface area contributed by atoms with Crippen LogP contribution in [0.2, 0.25) is 5.02 Å². The largest absolute Gasteiger partial charge is 0.483 e. The molecule has 6 nitrogen and oxygen atoms in total. The summed E-state index contributed by atoms with van der Waals surface area (Å²) in [7, 11) is 0. The predicted molar refractivity (Wildman–Crippen MR) is 108 cm³/mol. The van der Waals surface area contributed by atoms with Gasteiger partial charge in [0.2, 0.25) is 0 Å². The van der Waals surface area contributed by atoms with Crippen molar-refractivity contribution in [3.8, 4) is 5.75 Å². The summed E-state index contributed by atoms with van der Waals surface area (Å²) in [4.78, 5) is 28.2. The van der Waals surface area contributed by atoms with Crippen LogP contribution in [0.25, 0.3) is 0 Å². The normalized spacial score (nSPS) is 17.2. The molecule has 154 valence electrons. The smallest absolute Gasteiger partial charge is 0.260 e. The second-order valence-electron chi connectivity index (χ2n) is 7.09. The number of carbonyl (C=O) groups is 2. The van der Waals surface area contributed by atoms with Crippen LogP contribution in [0, 0.1) is 5.82 Å². The molecule has 29 heavy (non-hydrogen) atoms. The molecule has 8 heteroatoms. The first kappa shape index (κ1) is 21.1. The lowest BCUT2D eigenvalue weighted by Gasteiger charge is -2.39. The minimum atomic E-state index is -0.669. The minimum Gasteiger partial charge on any atom is -0.483 e. The van der Waals surface area contributed by atoms with Crippen LogP contribution in [0.1, 0.15) is 22.8 Å². The zero-order valence-electron chi connectivity index (χ0n) is 16.1. The summed E-state index contributed by atoms with van der Waals surface area (Å²) in [5, 5.41) is 0.364. The van der Waals surface area contributed by atoms with Gasteiger partial charge in [0, 0.05) is 37.2 Å². The second-order valence-corrected chi connectivity index (χ2v) is 7.53. The van der Waals surface area contributed by atoms with E-state index in [-0.39, 0.29) is 35.7 Å². The average molecular weight is 420 g/mol. The number of nitrogens with two attached hydrogens (primary N) is 1. The summed E-state index contributed by atoms with van der Waals surface area (Å²) in [6.45, 7) is 4.47. The number of primary amides is 1. The number of hydrogen-bond donors (Lipinski definition) is 1. The Kier molecular flexibility index (Phi) is 6.71. The van der Waals surface area contributed by atoms with Gasteiger partial charge in [0.15, 0.2) is 6.61 Å². The maximum absolute atomic E-state index is 13.0. The van der Waals surface area contributed by atoms with Gasteiger partial charge in [0.25, 0.3) is 11.8 Å². The molecular weight excluding hydrogens is 397 g/mol. The highest BCUT2D eigenvalue weighted by atomic mass is 35.5. The van der Waals surface area contributed by atoms with Crippen molar-refractivity contribution in [3.05, 3.63) is 64.4 Å². The summed E-state index contributed by atoms with van der Waals surface area (Å²) >= 11 is 5.88. The molecule has 0 spiro atoms. The Morgan fingerprint density at radius 1 is 1.21 bits per heavy atom. The zero-order chi connectivity index (χ0) is 21.0. The van der Waals surface area contributed by atoms with Crippen LogP contribution < -0.4 is 10.5 Å². The van der Waals surface area contributed by atoms with Gasteiger partial charge in [-0.05, 0) is 42.8 Å². The number of benzene rings is 2. The first-order valence-electron chi connectivity index (χ1n) is 9.32. The van der Waals surface area contributed by atoms with E-state index >= 15 is 0 Å². The van der Waals surface area contributed by atoms with E-state index in [2.05, 4.69) is 4.90 Å². The van der Waals surface area contributed by atoms with Crippen LogP contribution in [0.4, 0.5) is 4.39 Å². The van der Waals surface area contributed by atoms with Crippen LogP contribution in [0.15, 0.2) is 42.5 Å². The third-order valence-electron chi connectivity index (χ3n) is 4.91. The van der Waals surface area contributed by atoms with Gasteiger partial charge >= 0.3 is 0 Å². The molecule has 1 heterocycles. The number of piperazine rings is 1. The van der Waals surface area contributed by atoms with Crippen molar-refractivity contribution in [2.45, 2.75) is 19.5 Å². The first-order valence-corrected chi connectivity index (χ1v) is 9.69. The minimum absolute atomic E-state index is 0.00104. The molecule has 0 saturated carbocycles. The van der Waals surface area contributed by atoms with E-state index in [0.29, 0.717) is 31.2 Å². The van der Waals surface area contributed by atoms with Gasteiger partial charge in [-0.15, -0.1) is 0 Å². The Hall–Kier alpha value is -2.64. The van der Waals surface area contributed by atoms with Gasteiger partial charge in [-0.2, -0.15) is 0 Å². The molecule has 1 saturated heterocycles. The van der Waals surface area contributed by atoms with Crippen LogP contribution >= 0.6 is 11.6 Å². The Labute approximate surface area is 174 Å². The molecule has 0 bridgehead atoms. The van der Waals surface area contributed by atoms with Crippen molar-refractivity contribution >= 4 is 23.4 Å². The van der Waals surface area contributed by atoms with Crippen molar-refractivity contribution in [3.63, 3.8) is 0 Å². The van der Waals surface area contributed by atoms with E-state index in [9.17, 15) is 14.0 Å². The number of hydrogen-bond acceptors (Lipinski definition) is 4. The number of nitrogens with zero attached hydrogens (tertiary/aromatic N) is 2. The molecule has 2 N–H and O–H groups in total. The fourth-order valence-corrected chi connectivity index (χ4v) is 3.61. The van der Waals surface area contributed by atoms with Gasteiger partial charge in [-0.1, -0.05) is 23.7 Å². The monoisotopic (exact) mass is 419 g/mol. The van der Waals surface area contributed by atoms with Crippen LogP contribution in [0.3, 0.4) is 0 Å². The van der Waals surface area contributed by atoms with Gasteiger partial charge in [-0.25, -0.2) is 4.39 Å².